The molecule has 0 amide bonds. The third-order valence-electron chi connectivity index (χ3n) is 13.5. The molecule has 0 saturated carbocycles. The first-order valence-corrected chi connectivity index (χ1v) is 33.0. The summed E-state index contributed by atoms with van der Waals surface area (Å²) in [5.41, 5.74) is 0. The number of carbonyl (C=O) groups is 3. The molecule has 0 aromatic carbocycles. The zero-order valence-corrected chi connectivity index (χ0v) is 52.2. The second-order valence-electron chi connectivity index (χ2n) is 21.3. The molecule has 6 heteroatoms. The van der Waals surface area contributed by atoms with Crippen molar-refractivity contribution in [3.63, 3.8) is 0 Å². The Hall–Kier alpha value is -4.97. The average Bonchev–Trinajstić information content (AvgIpc) is 3.47. The molecule has 0 bridgehead atoms. The van der Waals surface area contributed by atoms with E-state index in [4.69, 9.17) is 14.2 Å². The van der Waals surface area contributed by atoms with Gasteiger partial charge in [0, 0.05) is 19.3 Å². The van der Waals surface area contributed by atoms with E-state index in [-0.39, 0.29) is 31.6 Å². The number of hydrogen-bond donors (Lipinski definition) is 0. The topological polar surface area (TPSA) is 78.9 Å². The van der Waals surface area contributed by atoms with E-state index in [0.29, 0.717) is 19.3 Å². The minimum absolute atomic E-state index is 0.118. The van der Waals surface area contributed by atoms with Crippen LogP contribution in [0.1, 0.15) is 278 Å². The molecule has 0 saturated heterocycles. The molecule has 6 nitrogen and oxygen atoms in total. The zero-order valence-electron chi connectivity index (χ0n) is 52.2. The van der Waals surface area contributed by atoms with E-state index < -0.39 is 12.1 Å². The average molecular weight is 1120 g/mol. The smallest absolute Gasteiger partial charge is 0.306 e. The number of hydrogen-bond acceptors (Lipinski definition) is 6. The van der Waals surface area contributed by atoms with Crippen LogP contribution >= 0.6 is 0 Å². The number of allylic oxidation sites excluding steroid dienone is 26. The molecule has 81 heavy (non-hydrogen) atoms. The summed E-state index contributed by atoms with van der Waals surface area (Å²) in [4.78, 5) is 38.4. The number of esters is 3. The molecule has 0 aliphatic rings. The van der Waals surface area contributed by atoms with E-state index in [1.807, 2.05) is 6.08 Å². The van der Waals surface area contributed by atoms with Crippen LogP contribution in [0, 0.1) is 0 Å². The first-order valence-electron chi connectivity index (χ1n) is 33.0. The van der Waals surface area contributed by atoms with E-state index >= 15 is 0 Å². The lowest BCUT2D eigenvalue weighted by molar-refractivity contribution is -0.166. The van der Waals surface area contributed by atoms with E-state index in [1.165, 1.54) is 109 Å². The monoisotopic (exact) mass is 1120 g/mol. The second kappa shape index (κ2) is 67.5. The van der Waals surface area contributed by atoms with Crippen LogP contribution in [0.15, 0.2) is 158 Å². The van der Waals surface area contributed by atoms with Gasteiger partial charge in [-0.05, 0) is 135 Å². The lowest BCUT2D eigenvalue weighted by Gasteiger charge is -2.18. The maximum atomic E-state index is 12.9. The molecule has 0 radical (unpaired) electrons. The minimum atomic E-state index is -0.832. The van der Waals surface area contributed by atoms with Crippen molar-refractivity contribution >= 4 is 17.9 Å². The van der Waals surface area contributed by atoms with Gasteiger partial charge in [-0.2, -0.15) is 0 Å². The Balaban J connectivity index is 4.50. The van der Waals surface area contributed by atoms with Gasteiger partial charge in [0.2, 0.25) is 0 Å². The second-order valence-corrected chi connectivity index (χ2v) is 21.3. The van der Waals surface area contributed by atoms with Gasteiger partial charge in [0.1, 0.15) is 13.2 Å². The molecule has 0 aromatic heterocycles. The van der Waals surface area contributed by atoms with Gasteiger partial charge in [0.15, 0.2) is 6.10 Å². The Morgan fingerprint density at radius 2 is 0.506 bits per heavy atom. The summed E-state index contributed by atoms with van der Waals surface area (Å²) >= 11 is 0. The maximum absolute atomic E-state index is 12.9. The summed E-state index contributed by atoms with van der Waals surface area (Å²) in [6, 6.07) is 0. The van der Waals surface area contributed by atoms with Crippen molar-refractivity contribution in [2.24, 2.45) is 0 Å². The van der Waals surface area contributed by atoms with Crippen LogP contribution in [0.3, 0.4) is 0 Å². The lowest BCUT2D eigenvalue weighted by Crippen LogP contribution is -2.30. The summed E-state index contributed by atoms with van der Waals surface area (Å²) in [6.07, 6.45) is 98.3. The minimum Gasteiger partial charge on any atom is -0.462 e. The third-order valence-corrected chi connectivity index (χ3v) is 13.5. The van der Waals surface area contributed by atoms with Gasteiger partial charge in [-0.1, -0.05) is 281 Å². The molecule has 1 unspecified atom stereocenters. The van der Waals surface area contributed by atoms with Crippen LogP contribution in [0.2, 0.25) is 0 Å². The van der Waals surface area contributed by atoms with Gasteiger partial charge in [-0.3, -0.25) is 14.4 Å². The normalized spacial score (nSPS) is 13.2. The van der Waals surface area contributed by atoms with Crippen LogP contribution in [0.25, 0.3) is 0 Å². The molecule has 1 atom stereocenters. The molecular formula is C75H120O6. The van der Waals surface area contributed by atoms with Gasteiger partial charge < -0.3 is 14.2 Å². The van der Waals surface area contributed by atoms with Crippen LogP contribution in [-0.4, -0.2) is 37.2 Å². The molecule has 0 rings (SSSR count). The Labute approximate surface area is 499 Å². The van der Waals surface area contributed by atoms with Gasteiger partial charge in [0.25, 0.3) is 0 Å². The molecule has 0 fully saturated rings. The molecule has 0 heterocycles. The Kier molecular flexibility index (Phi) is 63.4. The van der Waals surface area contributed by atoms with Crippen molar-refractivity contribution in [2.75, 3.05) is 13.2 Å². The predicted octanol–water partition coefficient (Wildman–Crippen LogP) is 22.9. The maximum Gasteiger partial charge on any atom is 0.306 e. The third kappa shape index (κ3) is 65.7. The Bertz CT molecular complexity index is 1810. The fourth-order valence-electron chi connectivity index (χ4n) is 8.64. The molecule has 0 aliphatic heterocycles. The Morgan fingerprint density at radius 1 is 0.259 bits per heavy atom. The van der Waals surface area contributed by atoms with Crippen molar-refractivity contribution in [1.82, 2.24) is 0 Å². The van der Waals surface area contributed by atoms with E-state index in [1.54, 1.807) is 0 Å². The number of unbranched alkanes of at least 4 members (excludes halogenated alkanes) is 21. The standard InChI is InChI=1S/C75H120O6/c1-4-7-10-13-16-19-22-25-28-31-34-35-36-37-38-39-42-44-47-50-53-56-59-62-65-68-74(77)80-71-72(81-75(78)69-66-63-60-57-54-51-48-45-41-33-30-27-24-21-18-15-12-9-6-3)70-79-73(76)67-64-61-58-55-52-49-46-43-40-32-29-26-23-20-17-14-11-8-5-2/h7,9-10,12,16-21,25-30,34-35,37-38,41,45,51,54,60,63,72H,4-6,8,11,13-15,22-24,31-33,36,39-40,42-44,46-50,52-53,55-59,61-62,64-71H2,1-3H3/b10-7-,12-9-,19-16-,20-17-,21-18-,28-25-,29-26-,30-27-,35-34-,38-37-,45-41-,54-51-,63-60-. The van der Waals surface area contributed by atoms with Crippen molar-refractivity contribution in [2.45, 2.75) is 284 Å². The highest BCUT2D eigenvalue weighted by atomic mass is 16.6. The molecule has 0 spiro atoms. The fourth-order valence-corrected chi connectivity index (χ4v) is 8.64. The molecule has 0 aliphatic carbocycles. The molecule has 456 valence electrons. The van der Waals surface area contributed by atoms with E-state index in [0.717, 1.165) is 122 Å². The molecular weight excluding hydrogens is 997 g/mol. The van der Waals surface area contributed by atoms with E-state index in [2.05, 4.69) is 173 Å². The quantitative estimate of drug-likeness (QED) is 0.0261. The molecule has 0 aromatic rings. The first kappa shape index (κ1) is 76.0. The summed E-state index contributed by atoms with van der Waals surface area (Å²) in [5.74, 6) is -1.01. The van der Waals surface area contributed by atoms with Crippen LogP contribution < -0.4 is 0 Å². The lowest BCUT2D eigenvalue weighted by atomic mass is 10.1. The van der Waals surface area contributed by atoms with Gasteiger partial charge >= 0.3 is 17.9 Å². The van der Waals surface area contributed by atoms with Crippen molar-refractivity contribution in [1.29, 1.82) is 0 Å². The number of rotatable bonds is 58. The number of carbonyl (C=O) groups excluding carboxylic acids is 3. The van der Waals surface area contributed by atoms with Crippen LogP contribution in [-0.2, 0) is 28.6 Å². The van der Waals surface area contributed by atoms with Crippen molar-refractivity contribution in [3.05, 3.63) is 158 Å². The van der Waals surface area contributed by atoms with Crippen molar-refractivity contribution < 1.29 is 28.6 Å². The molecule has 0 N–H and O–H groups in total. The highest BCUT2D eigenvalue weighted by Crippen LogP contribution is 2.15. The van der Waals surface area contributed by atoms with Gasteiger partial charge in [-0.15, -0.1) is 0 Å². The summed E-state index contributed by atoms with van der Waals surface area (Å²) < 4.78 is 16.9. The van der Waals surface area contributed by atoms with E-state index in [9.17, 15) is 14.4 Å². The summed E-state index contributed by atoms with van der Waals surface area (Å²) in [6.45, 7) is 6.33. The van der Waals surface area contributed by atoms with Gasteiger partial charge in [0.05, 0.1) is 0 Å². The van der Waals surface area contributed by atoms with Crippen molar-refractivity contribution in [3.8, 4) is 0 Å². The zero-order chi connectivity index (χ0) is 58.5. The fraction of sp³-hybridized carbons (Fsp3) is 0.613. The summed E-state index contributed by atoms with van der Waals surface area (Å²) in [5, 5.41) is 0. The van der Waals surface area contributed by atoms with Crippen LogP contribution in [0.5, 0.6) is 0 Å². The largest absolute Gasteiger partial charge is 0.462 e. The Morgan fingerprint density at radius 3 is 0.802 bits per heavy atom. The van der Waals surface area contributed by atoms with Gasteiger partial charge in [-0.25, -0.2) is 0 Å². The van der Waals surface area contributed by atoms with Crippen LogP contribution in [0.4, 0.5) is 0 Å². The SMILES string of the molecule is CC/C=C\C/C=C\C/C=C\C/C=C\C/C=C\C/C=C\CCC(=O)OC(COC(=O)CCCCCCCCCCC/C=C\C/C=C\C/C=C\C/C=C\C/C=C\CC)COC(=O)CCCCCCCCCCC/C=C\C/C=C\CCCCC. The first-order chi connectivity index (χ1) is 40.0. The highest BCUT2D eigenvalue weighted by molar-refractivity contribution is 5.71. The summed E-state index contributed by atoms with van der Waals surface area (Å²) in [7, 11) is 0. The highest BCUT2D eigenvalue weighted by Gasteiger charge is 2.19. The number of ether oxygens (including phenoxy) is 3. The predicted molar refractivity (Wildman–Crippen MR) is 352 cm³/mol.